The first kappa shape index (κ1) is 17.9. The Kier molecular flexibility index (Phi) is 5.46. The number of anilines is 1. The third-order valence-electron chi connectivity index (χ3n) is 4.51. The second-order valence-electron chi connectivity index (χ2n) is 6.24. The molecule has 0 aliphatic carbocycles. The van der Waals surface area contributed by atoms with Crippen LogP contribution in [0.1, 0.15) is 37.2 Å². The van der Waals surface area contributed by atoms with Gasteiger partial charge in [0.15, 0.2) is 0 Å². The smallest absolute Gasteiger partial charge is 0.258 e. The van der Waals surface area contributed by atoms with Crippen LogP contribution in [-0.2, 0) is 24.1 Å². The summed E-state index contributed by atoms with van der Waals surface area (Å²) in [6.45, 7) is 4.16. The molecule has 0 aliphatic rings. The number of aromatic nitrogens is 2. The standard InChI is InChI=1S/C21H23N3O2/c1-3-14-8-7-9-15(4-2)20(14)24-19(25)13-12-18-22-17-11-6-5-10-16(17)21(26)23-18/h5-11H,3-4,12-13H2,1-2H3,(H,24,25)(H,22,23,26). The molecule has 5 heteroatoms. The molecule has 134 valence electrons. The largest absolute Gasteiger partial charge is 0.326 e. The van der Waals surface area contributed by atoms with Gasteiger partial charge in [-0.1, -0.05) is 44.2 Å². The zero-order valence-corrected chi connectivity index (χ0v) is 15.1. The Labute approximate surface area is 152 Å². The Morgan fingerprint density at radius 2 is 1.73 bits per heavy atom. The number of aromatic amines is 1. The molecule has 0 spiro atoms. The summed E-state index contributed by atoms with van der Waals surface area (Å²) in [4.78, 5) is 31.8. The Morgan fingerprint density at radius 3 is 2.42 bits per heavy atom. The van der Waals surface area contributed by atoms with Crippen molar-refractivity contribution in [3.05, 3.63) is 69.8 Å². The van der Waals surface area contributed by atoms with Gasteiger partial charge in [-0.3, -0.25) is 9.59 Å². The number of aryl methyl sites for hydroxylation is 3. The van der Waals surface area contributed by atoms with E-state index in [4.69, 9.17) is 0 Å². The fourth-order valence-corrected chi connectivity index (χ4v) is 3.09. The number of benzene rings is 2. The number of hydrogen-bond acceptors (Lipinski definition) is 3. The van der Waals surface area contributed by atoms with Gasteiger partial charge < -0.3 is 10.3 Å². The SMILES string of the molecule is CCc1cccc(CC)c1NC(=O)CCc1nc2ccccc2c(=O)[nH]1. The second-order valence-corrected chi connectivity index (χ2v) is 6.24. The average Bonchev–Trinajstić information content (AvgIpc) is 2.66. The van der Waals surface area contributed by atoms with Crippen LogP contribution in [0.3, 0.4) is 0 Å². The Balaban J connectivity index is 1.73. The summed E-state index contributed by atoms with van der Waals surface area (Å²) >= 11 is 0. The van der Waals surface area contributed by atoms with Crippen molar-refractivity contribution in [1.29, 1.82) is 0 Å². The van der Waals surface area contributed by atoms with Crippen LogP contribution >= 0.6 is 0 Å². The topological polar surface area (TPSA) is 74.8 Å². The number of carbonyl (C=O) groups excluding carboxylic acids is 1. The van der Waals surface area contributed by atoms with E-state index in [9.17, 15) is 9.59 Å². The van der Waals surface area contributed by atoms with Crippen molar-refractivity contribution >= 4 is 22.5 Å². The first-order valence-corrected chi connectivity index (χ1v) is 9.01. The molecule has 0 saturated heterocycles. The van der Waals surface area contributed by atoms with Crippen LogP contribution in [0.2, 0.25) is 0 Å². The molecule has 3 rings (SSSR count). The molecule has 2 N–H and O–H groups in total. The van der Waals surface area contributed by atoms with Gasteiger partial charge in [0.25, 0.3) is 5.56 Å². The van der Waals surface area contributed by atoms with Crippen molar-refractivity contribution < 1.29 is 4.79 Å². The summed E-state index contributed by atoms with van der Waals surface area (Å²) in [5.74, 6) is 0.458. The van der Waals surface area contributed by atoms with Crippen LogP contribution in [0, 0.1) is 0 Å². The zero-order chi connectivity index (χ0) is 18.5. The minimum Gasteiger partial charge on any atom is -0.326 e. The molecule has 26 heavy (non-hydrogen) atoms. The second kappa shape index (κ2) is 7.95. The van der Waals surface area contributed by atoms with Gasteiger partial charge in [-0.25, -0.2) is 4.98 Å². The summed E-state index contributed by atoms with van der Waals surface area (Å²) in [6, 6.07) is 13.3. The summed E-state index contributed by atoms with van der Waals surface area (Å²) < 4.78 is 0. The predicted molar refractivity (Wildman–Crippen MR) is 105 cm³/mol. The number of nitrogens with zero attached hydrogens (tertiary/aromatic N) is 1. The third kappa shape index (κ3) is 3.82. The molecule has 3 aromatic rings. The number of carbonyl (C=O) groups is 1. The van der Waals surface area contributed by atoms with Crippen LogP contribution < -0.4 is 10.9 Å². The van der Waals surface area contributed by atoms with E-state index < -0.39 is 0 Å². The number of amides is 1. The summed E-state index contributed by atoms with van der Waals surface area (Å²) in [5.41, 5.74) is 3.67. The number of fused-ring (bicyclic) bond motifs is 1. The molecular formula is C21H23N3O2. The highest BCUT2D eigenvalue weighted by atomic mass is 16.1. The van der Waals surface area contributed by atoms with Crippen LogP contribution in [-0.4, -0.2) is 15.9 Å². The van der Waals surface area contributed by atoms with Gasteiger partial charge in [0.05, 0.1) is 10.9 Å². The van der Waals surface area contributed by atoms with Crippen LogP contribution in [0.4, 0.5) is 5.69 Å². The van der Waals surface area contributed by atoms with Crippen LogP contribution in [0.25, 0.3) is 10.9 Å². The highest BCUT2D eigenvalue weighted by molar-refractivity contribution is 5.92. The first-order chi connectivity index (χ1) is 12.6. The van der Waals surface area contributed by atoms with Gasteiger partial charge in [0.2, 0.25) is 5.91 Å². The van der Waals surface area contributed by atoms with E-state index >= 15 is 0 Å². The quantitative estimate of drug-likeness (QED) is 0.714. The minimum absolute atomic E-state index is 0.0728. The summed E-state index contributed by atoms with van der Waals surface area (Å²) in [6.07, 6.45) is 2.39. The molecule has 0 radical (unpaired) electrons. The van der Waals surface area contributed by atoms with Crippen molar-refractivity contribution in [2.75, 3.05) is 5.32 Å². The Hall–Kier alpha value is -2.95. The molecule has 0 fully saturated rings. The lowest BCUT2D eigenvalue weighted by atomic mass is 10.0. The maximum Gasteiger partial charge on any atom is 0.258 e. The third-order valence-corrected chi connectivity index (χ3v) is 4.51. The summed E-state index contributed by atoms with van der Waals surface area (Å²) in [7, 11) is 0. The monoisotopic (exact) mass is 349 g/mol. The van der Waals surface area contributed by atoms with Crippen molar-refractivity contribution in [3.63, 3.8) is 0 Å². The molecule has 0 unspecified atom stereocenters. The average molecular weight is 349 g/mol. The van der Waals surface area contributed by atoms with E-state index in [1.165, 1.54) is 0 Å². The number of nitrogens with one attached hydrogen (secondary N) is 2. The molecule has 0 aliphatic heterocycles. The molecule has 0 atom stereocenters. The number of hydrogen-bond donors (Lipinski definition) is 2. The van der Waals surface area contributed by atoms with Crippen LogP contribution in [0.5, 0.6) is 0 Å². The molecule has 5 nitrogen and oxygen atoms in total. The fourth-order valence-electron chi connectivity index (χ4n) is 3.09. The molecule has 2 aromatic carbocycles. The van der Waals surface area contributed by atoms with E-state index in [1.54, 1.807) is 12.1 Å². The Morgan fingerprint density at radius 1 is 1.04 bits per heavy atom. The highest BCUT2D eigenvalue weighted by Crippen LogP contribution is 2.22. The van der Waals surface area contributed by atoms with E-state index in [0.717, 1.165) is 29.7 Å². The summed E-state index contributed by atoms with van der Waals surface area (Å²) in [5, 5.41) is 3.60. The maximum absolute atomic E-state index is 12.4. The van der Waals surface area contributed by atoms with Gasteiger partial charge in [-0.05, 0) is 36.1 Å². The van der Waals surface area contributed by atoms with E-state index in [0.29, 0.717) is 23.1 Å². The maximum atomic E-state index is 12.4. The lowest BCUT2D eigenvalue weighted by Gasteiger charge is -2.14. The number of para-hydroxylation sites is 2. The van der Waals surface area contributed by atoms with E-state index in [-0.39, 0.29) is 17.9 Å². The highest BCUT2D eigenvalue weighted by Gasteiger charge is 2.11. The molecule has 1 amide bonds. The zero-order valence-electron chi connectivity index (χ0n) is 15.1. The lowest BCUT2D eigenvalue weighted by Crippen LogP contribution is -2.17. The lowest BCUT2D eigenvalue weighted by molar-refractivity contribution is -0.116. The van der Waals surface area contributed by atoms with E-state index in [1.807, 2.05) is 30.3 Å². The van der Waals surface area contributed by atoms with Gasteiger partial charge in [0.1, 0.15) is 5.82 Å². The Bertz CT molecular complexity index is 970. The molecule has 0 bridgehead atoms. The molecule has 1 heterocycles. The van der Waals surface area contributed by atoms with Crippen LogP contribution in [0.15, 0.2) is 47.3 Å². The van der Waals surface area contributed by atoms with Crippen molar-refractivity contribution in [2.24, 2.45) is 0 Å². The van der Waals surface area contributed by atoms with Gasteiger partial charge in [-0.15, -0.1) is 0 Å². The number of H-pyrrole nitrogens is 1. The fraction of sp³-hybridized carbons (Fsp3) is 0.286. The van der Waals surface area contributed by atoms with E-state index in [2.05, 4.69) is 29.1 Å². The van der Waals surface area contributed by atoms with Crippen molar-refractivity contribution in [3.8, 4) is 0 Å². The molecule has 1 aromatic heterocycles. The molecular weight excluding hydrogens is 326 g/mol. The van der Waals surface area contributed by atoms with Gasteiger partial charge in [0, 0.05) is 18.5 Å². The molecule has 0 saturated carbocycles. The van der Waals surface area contributed by atoms with Crippen molar-refractivity contribution in [2.45, 2.75) is 39.5 Å². The van der Waals surface area contributed by atoms with Gasteiger partial charge in [-0.2, -0.15) is 0 Å². The first-order valence-electron chi connectivity index (χ1n) is 9.01. The van der Waals surface area contributed by atoms with Crippen molar-refractivity contribution in [1.82, 2.24) is 9.97 Å². The minimum atomic E-state index is -0.171. The normalized spacial score (nSPS) is 10.8. The van der Waals surface area contributed by atoms with Gasteiger partial charge >= 0.3 is 0 Å². The number of rotatable bonds is 6. The predicted octanol–water partition coefficient (Wildman–Crippen LogP) is 3.62.